The normalized spacial score (nSPS) is 14.6. The summed E-state index contributed by atoms with van der Waals surface area (Å²) in [5, 5.41) is 3.17. The van der Waals surface area contributed by atoms with E-state index in [-0.39, 0.29) is 12.1 Å². The van der Waals surface area contributed by atoms with Crippen molar-refractivity contribution in [1.82, 2.24) is 5.32 Å². The molecule has 2 atom stereocenters. The minimum absolute atomic E-state index is 0.130. The van der Waals surface area contributed by atoms with Crippen molar-refractivity contribution in [3.8, 4) is 0 Å². The summed E-state index contributed by atoms with van der Waals surface area (Å²) < 4.78 is 31.9. The van der Waals surface area contributed by atoms with Crippen LogP contribution in [0, 0.1) is 11.6 Å². The number of hydrogen-bond acceptors (Lipinski definition) is 2. The molecule has 0 aromatic heterocycles. The number of halogens is 2. The quantitative estimate of drug-likeness (QED) is 0.829. The van der Waals surface area contributed by atoms with E-state index >= 15 is 0 Å². The van der Waals surface area contributed by atoms with Crippen molar-refractivity contribution in [3.63, 3.8) is 0 Å². The second-order valence-corrected chi connectivity index (χ2v) is 3.88. The van der Waals surface area contributed by atoms with Gasteiger partial charge in [0, 0.05) is 18.7 Å². The predicted octanol–water partition coefficient (Wildman–Crippen LogP) is 3.04. The molecule has 2 unspecified atom stereocenters. The van der Waals surface area contributed by atoms with Crippen molar-refractivity contribution in [2.45, 2.75) is 32.4 Å². The average Bonchev–Trinajstić information content (AvgIpc) is 2.30. The molecule has 0 saturated heterocycles. The third kappa shape index (κ3) is 3.48. The van der Waals surface area contributed by atoms with E-state index in [1.807, 2.05) is 13.8 Å². The number of rotatable bonds is 6. The summed E-state index contributed by atoms with van der Waals surface area (Å²) >= 11 is 0. The fourth-order valence-corrected chi connectivity index (χ4v) is 1.95. The van der Waals surface area contributed by atoms with E-state index in [0.717, 1.165) is 12.5 Å². The van der Waals surface area contributed by atoms with Gasteiger partial charge < -0.3 is 10.1 Å². The molecule has 0 fully saturated rings. The highest BCUT2D eigenvalue weighted by atomic mass is 19.1. The molecule has 0 spiro atoms. The standard InChI is InChI=1S/C13H19F2NO/c1-4-12(17-3)13(16-5-2)10-7-6-9(14)8-11(10)15/h6-8,12-13,16H,4-5H2,1-3H3. The topological polar surface area (TPSA) is 21.3 Å². The third-order valence-electron chi connectivity index (χ3n) is 2.80. The van der Waals surface area contributed by atoms with Crippen molar-refractivity contribution in [3.05, 3.63) is 35.4 Å². The van der Waals surface area contributed by atoms with Crippen LogP contribution in [0.3, 0.4) is 0 Å². The molecule has 96 valence electrons. The van der Waals surface area contributed by atoms with Crippen LogP contribution in [0.25, 0.3) is 0 Å². The lowest BCUT2D eigenvalue weighted by atomic mass is 9.99. The van der Waals surface area contributed by atoms with Gasteiger partial charge in [0.05, 0.1) is 12.1 Å². The maximum absolute atomic E-state index is 13.7. The monoisotopic (exact) mass is 243 g/mol. The van der Waals surface area contributed by atoms with E-state index < -0.39 is 11.6 Å². The number of benzene rings is 1. The van der Waals surface area contributed by atoms with Crippen LogP contribution in [0.5, 0.6) is 0 Å². The minimum atomic E-state index is -0.563. The minimum Gasteiger partial charge on any atom is -0.379 e. The van der Waals surface area contributed by atoms with Crippen LogP contribution in [0.1, 0.15) is 31.9 Å². The van der Waals surface area contributed by atoms with Crippen molar-refractivity contribution < 1.29 is 13.5 Å². The van der Waals surface area contributed by atoms with Gasteiger partial charge in [-0.3, -0.25) is 0 Å². The van der Waals surface area contributed by atoms with Crippen LogP contribution in [0.4, 0.5) is 8.78 Å². The Morgan fingerprint density at radius 2 is 2.00 bits per heavy atom. The summed E-state index contributed by atoms with van der Waals surface area (Å²) in [5.74, 6) is -1.10. The number of hydrogen-bond donors (Lipinski definition) is 1. The van der Waals surface area contributed by atoms with Gasteiger partial charge in [-0.05, 0) is 19.0 Å². The maximum atomic E-state index is 13.7. The lowest BCUT2D eigenvalue weighted by Gasteiger charge is -2.26. The highest BCUT2D eigenvalue weighted by molar-refractivity contribution is 5.23. The molecule has 1 aromatic rings. The van der Waals surface area contributed by atoms with Gasteiger partial charge in [0.1, 0.15) is 11.6 Å². The van der Waals surface area contributed by atoms with E-state index in [1.165, 1.54) is 12.1 Å². The fourth-order valence-electron chi connectivity index (χ4n) is 1.95. The first-order chi connectivity index (χ1) is 8.13. The van der Waals surface area contributed by atoms with Crippen molar-refractivity contribution in [1.29, 1.82) is 0 Å². The molecular formula is C13H19F2NO. The maximum Gasteiger partial charge on any atom is 0.130 e. The van der Waals surface area contributed by atoms with Crippen LogP contribution in [-0.2, 0) is 4.74 Å². The van der Waals surface area contributed by atoms with E-state index in [9.17, 15) is 8.78 Å². The fraction of sp³-hybridized carbons (Fsp3) is 0.538. The molecule has 1 N–H and O–H groups in total. The second kappa shape index (κ2) is 6.67. The molecule has 0 bridgehead atoms. The lowest BCUT2D eigenvalue weighted by Crippen LogP contribution is -2.33. The molecule has 4 heteroatoms. The average molecular weight is 243 g/mol. The molecule has 17 heavy (non-hydrogen) atoms. The molecule has 0 saturated carbocycles. The SMILES string of the molecule is CCNC(c1ccc(F)cc1F)C(CC)OC. The Morgan fingerprint density at radius 1 is 1.29 bits per heavy atom. The summed E-state index contributed by atoms with van der Waals surface area (Å²) in [7, 11) is 1.60. The zero-order valence-corrected chi connectivity index (χ0v) is 10.5. The Labute approximate surface area is 101 Å². The Morgan fingerprint density at radius 3 is 2.47 bits per heavy atom. The van der Waals surface area contributed by atoms with Crippen LogP contribution in [0.15, 0.2) is 18.2 Å². The molecule has 0 aliphatic carbocycles. The van der Waals surface area contributed by atoms with Gasteiger partial charge in [0.15, 0.2) is 0 Å². The highest BCUT2D eigenvalue weighted by Gasteiger charge is 2.23. The second-order valence-electron chi connectivity index (χ2n) is 3.88. The molecular weight excluding hydrogens is 224 g/mol. The third-order valence-corrected chi connectivity index (χ3v) is 2.80. The van der Waals surface area contributed by atoms with Gasteiger partial charge in [0.2, 0.25) is 0 Å². The van der Waals surface area contributed by atoms with Gasteiger partial charge >= 0.3 is 0 Å². The summed E-state index contributed by atoms with van der Waals surface area (Å²) in [5.41, 5.74) is 0.446. The van der Waals surface area contributed by atoms with Crippen LogP contribution in [0.2, 0.25) is 0 Å². The molecule has 0 aliphatic heterocycles. The zero-order chi connectivity index (χ0) is 12.8. The first-order valence-electron chi connectivity index (χ1n) is 5.85. The van der Waals surface area contributed by atoms with E-state index in [0.29, 0.717) is 12.1 Å². The van der Waals surface area contributed by atoms with Crippen molar-refractivity contribution in [2.75, 3.05) is 13.7 Å². The first-order valence-corrected chi connectivity index (χ1v) is 5.85. The smallest absolute Gasteiger partial charge is 0.130 e. The van der Waals surface area contributed by atoms with E-state index in [2.05, 4.69) is 5.32 Å². The van der Waals surface area contributed by atoms with Crippen molar-refractivity contribution in [2.24, 2.45) is 0 Å². The van der Waals surface area contributed by atoms with Crippen LogP contribution < -0.4 is 5.32 Å². The predicted molar refractivity (Wildman–Crippen MR) is 63.9 cm³/mol. The van der Waals surface area contributed by atoms with E-state index in [1.54, 1.807) is 7.11 Å². The molecule has 0 heterocycles. The molecule has 1 aromatic carbocycles. The Hall–Kier alpha value is -1.00. The van der Waals surface area contributed by atoms with Gasteiger partial charge in [-0.15, -0.1) is 0 Å². The number of likely N-dealkylation sites (N-methyl/N-ethyl adjacent to an activating group) is 1. The number of ether oxygens (including phenoxy) is 1. The Balaban J connectivity index is 3.03. The molecule has 0 radical (unpaired) electrons. The van der Waals surface area contributed by atoms with E-state index in [4.69, 9.17) is 4.74 Å². The van der Waals surface area contributed by atoms with Gasteiger partial charge in [0.25, 0.3) is 0 Å². The highest BCUT2D eigenvalue weighted by Crippen LogP contribution is 2.24. The van der Waals surface area contributed by atoms with Crippen LogP contribution >= 0.6 is 0 Å². The first kappa shape index (κ1) is 14.1. The molecule has 0 amide bonds. The van der Waals surface area contributed by atoms with Gasteiger partial charge in [-0.25, -0.2) is 8.78 Å². The van der Waals surface area contributed by atoms with Crippen LogP contribution in [-0.4, -0.2) is 19.8 Å². The summed E-state index contributed by atoms with van der Waals surface area (Å²) in [6, 6.07) is 3.39. The molecule has 1 rings (SSSR count). The van der Waals surface area contributed by atoms with Gasteiger partial charge in [-0.2, -0.15) is 0 Å². The molecule has 0 aliphatic rings. The Bertz CT molecular complexity index is 353. The number of nitrogens with one attached hydrogen (secondary N) is 1. The lowest BCUT2D eigenvalue weighted by molar-refractivity contribution is 0.0644. The number of methoxy groups -OCH3 is 1. The zero-order valence-electron chi connectivity index (χ0n) is 10.5. The molecule has 2 nitrogen and oxygen atoms in total. The summed E-state index contributed by atoms with van der Waals surface area (Å²) in [6.45, 7) is 4.61. The Kier molecular flexibility index (Phi) is 5.51. The summed E-state index contributed by atoms with van der Waals surface area (Å²) in [6.07, 6.45) is 0.625. The van der Waals surface area contributed by atoms with Crippen molar-refractivity contribution >= 4 is 0 Å². The summed E-state index contributed by atoms with van der Waals surface area (Å²) in [4.78, 5) is 0. The largest absolute Gasteiger partial charge is 0.379 e. The van der Waals surface area contributed by atoms with Gasteiger partial charge in [-0.1, -0.05) is 19.9 Å².